The van der Waals surface area contributed by atoms with Gasteiger partial charge in [-0.2, -0.15) is 0 Å². The van der Waals surface area contributed by atoms with Gasteiger partial charge in [-0.15, -0.1) is 0 Å². The van der Waals surface area contributed by atoms with Crippen molar-refractivity contribution >= 4 is 0 Å². The Morgan fingerprint density at radius 2 is 0.735 bits per heavy atom. The quantitative estimate of drug-likeness (QED) is 0.114. The SMILES string of the molecule is CCCCCCCCCCCCCC1N(CCC)C=CN1CCCCCCCCCCCCC. The van der Waals surface area contributed by atoms with Crippen molar-refractivity contribution in [1.82, 2.24) is 9.80 Å². The zero-order valence-electron chi connectivity index (χ0n) is 24.0. The molecule has 1 atom stereocenters. The molecule has 0 fully saturated rings. The Labute approximate surface area is 216 Å². The van der Waals surface area contributed by atoms with Crippen LogP contribution in [0, 0.1) is 0 Å². The highest BCUT2D eigenvalue weighted by atomic mass is 15.4. The van der Waals surface area contributed by atoms with Crippen LogP contribution in [0.1, 0.15) is 175 Å². The van der Waals surface area contributed by atoms with E-state index in [1.54, 1.807) is 0 Å². The van der Waals surface area contributed by atoms with Crippen molar-refractivity contribution in [2.45, 2.75) is 181 Å². The Morgan fingerprint density at radius 3 is 1.15 bits per heavy atom. The molecule has 0 bridgehead atoms. The lowest BCUT2D eigenvalue weighted by Crippen LogP contribution is -2.39. The van der Waals surface area contributed by atoms with Gasteiger partial charge < -0.3 is 9.80 Å². The summed E-state index contributed by atoms with van der Waals surface area (Å²) in [5.41, 5.74) is 0. The minimum Gasteiger partial charge on any atom is -0.356 e. The summed E-state index contributed by atoms with van der Waals surface area (Å²) < 4.78 is 0. The number of rotatable bonds is 26. The fourth-order valence-corrected chi connectivity index (χ4v) is 5.55. The van der Waals surface area contributed by atoms with Gasteiger partial charge in [-0.25, -0.2) is 0 Å². The summed E-state index contributed by atoms with van der Waals surface area (Å²) in [4.78, 5) is 5.29. The molecule has 0 radical (unpaired) electrons. The van der Waals surface area contributed by atoms with Crippen molar-refractivity contribution in [2.75, 3.05) is 13.1 Å². The molecule has 202 valence electrons. The van der Waals surface area contributed by atoms with E-state index in [0.29, 0.717) is 6.17 Å². The van der Waals surface area contributed by atoms with Crippen LogP contribution in [-0.4, -0.2) is 29.1 Å². The zero-order valence-corrected chi connectivity index (χ0v) is 24.0. The lowest BCUT2D eigenvalue weighted by atomic mass is 10.0. The number of hydrogen-bond donors (Lipinski definition) is 0. The zero-order chi connectivity index (χ0) is 24.5. The number of unbranched alkanes of at least 4 members (excludes halogenated alkanes) is 20. The lowest BCUT2D eigenvalue weighted by Gasteiger charge is -2.33. The van der Waals surface area contributed by atoms with Gasteiger partial charge in [0.2, 0.25) is 0 Å². The van der Waals surface area contributed by atoms with Crippen LogP contribution in [0.15, 0.2) is 12.4 Å². The van der Waals surface area contributed by atoms with E-state index in [2.05, 4.69) is 43.0 Å². The highest BCUT2D eigenvalue weighted by molar-refractivity contribution is 4.96. The van der Waals surface area contributed by atoms with Crippen LogP contribution in [0.25, 0.3) is 0 Å². The smallest absolute Gasteiger partial charge is 0.101 e. The van der Waals surface area contributed by atoms with Gasteiger partial charge in [0.15, 0.2) is 0 Å². The van der Waals surface area contributed by atoms with E-state index in [0.717, 1.165) is 0 Å². The molecule has 0 spiro atoms. The number of hydrogen-bond acceptors (Lipinski definition) is 2. The van der Waals surface area contributed by atoms with Gasteiger partial charge in [-0.3, -0.25) is 0 Å². The van der Waals surface area contributed by atoms with E-state index in [9.17, 15) is 0 Å². The van der Waals surface area contributed by atoms with Crippen LogP contribution < -0.4 is 0 Å². The summed E-state index contributed by atoms with van der Waals surface area (Å²) in [6, 6.07) is 0. The third-order valence-corrected chi connectivity index (χ3v) is 7.78. The molecule has 1 heterocycles. The van der Waals surface area contributed by atoms with Crippen LogP contribution in [-0.2, 0) is 0 Å². The summed E-state index contributed by atoms with van der Waals surface area (Å²) >= 11 is 0. The second-order valence-electron chi connectivity index (χ2n) is 11.1. The molecular weight excluding hydrogens is 412 g/mol. The van der Waals surface area contributed by atoms with Gasteiger partial charge in [-0.1, -0.05) is 149 Å². The highest BCUT2D eigenvalue weighted by Crippen LogP contribution is 2.23. The predicted octanol–water partition coefficient (Wildman–Crippen LogP) is 10.8. The Hall–Kier alpha value is -0.660. The molecule has 2 heteroatoms. The monoisotopic (exact) mass is 477 g/mol. The molecule has 34 heavy (non-hydrogen) atoms. The average molecular weight is 477 g/mol. The predicted molar refractivity (Wildman–Crippen MR) is 154 cm³/mol. The lowest BCUT2D eigenvalue weighted by molar-refractivity contribution is 0.137. The Kier molecular flexibility index (Phi) is 22.2. The third-order valence-electron chi connectivity index (χ3n) is 7.78. The van der Waals surface area contributed by atoms with Crippen molar-refractivity contribution < 1.29 is 0 Å². The van der Waals surface area contributed by atoms with Crippen LogP contribution in [0.3, 0.4) is 0 Å². The second-order valence-corrected chi connectivity index (χ2v) is 11.1. The van der Waals surface area contributed by atoms with E-state index < -0.39 is 0 Å². The highest BCUT2D eigenvalue weighted by Gasteiger charge is 2.24. The molecular formula is C32H64N2. The summed E-state index contributed by atoms with van der Waals surface area (Å²) in [6.07, 6.45) is 39.6. The first kappa shape index (κ1) is 31.4. The standard InChI is InChI=1S/C32H64N2/c1-4-7-9-11-13-15-17-19-21-23-25-27-32-33(28-6-3)30-31-34(32)29-26-24-22-20-18-16-14-12-10-8-5-2/h30-32H,4-29H2,1-3H3. The van der Waals surface area contributed by atoms with Gasteiger partial charge in [-0.05, 0) is 25.7 Å². The van der Waals surface area contributed by atoms with Crippen molar-refractivity contribution in [3.63, 3.8) is 0 Å². The second kappa shape index (κ2) is 24.1. The van der Waals surface area contributed by atoms with Crippen molar-refractivity contribution in [3.8, 4) is 0 Å². The molecule has 0 aliphatic carbocycles. The first-order chi connectivity index (χ1) is 16.8. The molecule has 2 nitrogen and oxygen atoms in total. The van der Waals surface area contributed by atoms with Crippen molar-refractivity contribution in [2.24, 2.45) is 0 Å². The minimum absolute atomic E-state index is 0.640. The van der Waals surface area contributed by atoms with Crippen LogP contribution in [0.2, 0.25) is 0 Å². The summed E-state index contributed by atoms with van der Waals surface area (Å²) in [5, 5.41) is 0. The normalized spacial score (nSPS) is 15.7. The minimum atomic E-state index is 0.640. The largest absolute Gasteiger partial charge is 0.356 e. The Bertz CT molecular complexity index is 433. The maximum Gasteiger partial charge on any atom is 0.101 e. The molecule has 1 rings (SSSR count). The van der Waals surface area contributed by atoms with Gasteiger partial charge >= 0.3 is 0 Å². The van der Waals surface area contributed by atoms with Crippen LogP contribution in [0.5, 0.6) is 0 Å². The Morgan fingerprint density at radius 1 is 0.382 bits per heavy atom. The van der Waals surface area contributed by atoms with Crippen molar-refractivity contribution in [3.05, 3.63) is 12.4 Å². The maximum atomic E-state index is 2.67. The first-order valence-electron chi connectivity index (χ1n) is 16.0. The van der Waals surface area contributed by atoms with E-state index in [-0.39, 0.29) is 0 Å². The molecule has 0 amide bonds. The first-order valence-corrected chi connectivity index (χ1v) is 16.0. The molecule has 0 saturated heterocycles. The van der Waals surface area contributed by atoms with Gasteiger partial charge in [0, 0.05) is 25.5 Å². The fourth-order valence-electron chi connectivity index (χ4n) is 5.55. The third kappa shape index (κ3) is 16.9. The van der Waals surface area contributed by atoms with Gasteiger partial charge in [0.25, 0.3) is 0 Å². The van der Waals surface area contributed by atoms with Gasteiger partial charge in [0.05, 0.1) is 0 Å². The van der Waals surface area contributed by atoms with E-state index >= 15 is 0 Å². The maximum absolute atomic E-state index is 2.67. The van der Waals surface area contributed by atoms with Gasteiger partial charge in [0.1, 0.15) is 6.17 Å². The van der Waals surface area contributed by atoms with E-state index in [1.807, 2.05) is 0 Å². The molecule has 0 saturated carbocycles. The number of nitrogens with zero attached hydrogens (tertiary/aromatic N) is 2. The summed E-state index contributed by atoms with van der Waals surface area (Å²) in [6.45, 7) is 9.41. The average Bonchev–Trinajstić information content (AvgIpc) is 3.22. The molecule has 0 N–H and O–H groups in total. The molecule has 1 unspecified atom stereocenters. The Balaban J connectivity index is 2.06. The topological polar surface area (TPSA) is 6.48 Å². The summed E-state index contributed by atoms with van der Waals surface area (Å²) in [7, 11) is 0. The van der Waals surface area contributed by atoms with Crippen LogP contribution >= 0.6 is 0 Å². The van der Waals surface area contributed by atoms with Crippen LogP contribution in [0.4, 0.5) is 0 Å². The van der Waals surface area contributed by atoms with Crippen molar-refractivity contribution in [1.29, 1.82) is 0 Å². The van der Waals surface area contributed by atoms with E-state index in [1.165, 1.54) is 167 Å². The summed E-state index contributed by atoms with van der Waals surface area (Å²) in [5.74, 6) is 0. The molecule has 1 aliphatic heterocycles. The molecule has 0 aromatic heterocycles. The molecule has 1 aliphatic rings. The molecule has 0 aromatic carbocycles. The fraction of sp³-hybridized carbons (Fsp3) is 0.938. The molecule has 0 aromatic rings. The van der Waals surface area contributed by atoms with E-state index in [4.69, 9.17) is 0 Å².